The maximum absolute atomic E-state index is 4.59. The normalized spacial score (nSPS) is 20.1. The van der Waals surface area contributed by atoms with Crippen LogP contribution in [0.25, 0.3) is 21.2 Å². The number of pyridine rings is 1. The minimum Gasteiger partial charge on any atom is -0.344 e. The van der Waals surface area contributed by atoms with Crippen LogP contribution < -0.4 is 5.32 Å². The fourth-order valence-corrected chi connectivity index (χ4v) is 4.55. The minimum absolute atomic E-state index is 0.530. The Labute approximate surface area is 165 Å². The zero-order valence-corrected chi connectivity index (χ0v) is 16.8. The van der Waals surface area contributed by atoms with Gasteiger partial charge in [0, 0.05) is 29.5 Å². The van der Waals surface area contributed by atoms with Crippen molar-refractivity contribution in [2.75, 3.05) is 19.4 Å². The number of rotatable bonds is 5. The van der Waals surface area contributed by atoms with E-state index in [0.717, 1.165) is 16.9 Å². The predicted molar refractivity (Wildman–Crippen MR) is 115 cm³/mol. The van der Waals surface area contributed by atoms with E-state index in [2.05, 4.69) is 65.1 Å². The minimum atomic E-state index is 0.530. The average molecular weight is 379 g/mol. The van der Waals surface area contributed by atoms with Crippen molar-refractivity contribution in [3.63, 3.8) is 0 Å². The van der Waals surface area contributed by atoms with Gasteiger partial charge in [0.2, 0.25) is 0 Å². The molecule has 0 saturated heterocycles. The van der Waals surface area contributed by atoms with Gasteiger partial charge in [0.25, 0.3) is 0 Å². The molecule has 4 rings (SSSR count). The highest BCUT2D eigenvalue weighted by atomic mass is 32.1. The summed E-state index contributed by atoms with van der Waals surface area (Å²) < 4.78 is 0. The lowest BCUT2D eigenvalue weighted by Crippen LogP contribution is -2.33. The first-order valence-electron chi connectivity index (χ1n) is 9.51. The Hall–Kier alpha value is -2.24. The average Bonchev–Trinajstić information content (AvgIpc) is 3.22. The highest BCUT2D eigenvalue weighted by Crippen LogP contribution is 2.32. The SMILES string of the molecule is C=C(Nc1cc2cc(-c3cncs3)ccc2cn1)C1CCC(N(C)C)CC1. The third-order valence-electron chi connectivity index (χ3n) is 5.65. The predicted octanol–water partition coefficient (Wildman–Crippen LogP) is 5.40. The lowest BCUT2D eigenvalue weighted by atomic mass is 9.84. The number of anilines is 1. The first-order valence-corrected chi connectivity index (χ1v) is 10.4. The molecule has 0 spiro atoms. The molecule has 1 aliphatic carbocycles. The van der Waals surface area contributed by atoms with E-state index in [1.807, 2.05) is 17.9 Å². The molecule has 0 radical (unpaired) electrons. The molecular formula is C22H26N4S. The molecule has 1 N–H and O–H groups in total. The van der Waals surface area contributed by atoms with Crippen molar-refractivity contribution in [2.45, 2.75) is 31.7 Å². The number of benzene rings is 1. The van der Waals surface area contributed by atoms with Gasteiger partial charge in [-0.15, -0.1) is 11.3 Å². The largest absolute Gasteiger partial charge is 0.344 e. The summed E-state index contributed by atoms with van der Waals surface area (Å²) in [6.07, 6.45) is 8.71. The molecule has 4 nitrogen and oxygen atoms in total. The van der Waals surface area contributed by atoms with Crippen LogP contribution in [0.2, 0.25) is 0 Å². The van der Waals surface area contributed by atoms with Gasteiger partial charge in [-0.2, -0.15) is 0 Å². The van der Waals surface area contributed by atoms with Crippen molar-refractivity contribution in [1.29, 1.82) is 0 Å². The van der Waals surface area contributed by atoms with E-state index in [9.17, 15) is 0 Å². The number of allylic oxidation sites excluding steroid dienone is 1. The maximum atomic E-state index is 4.59. The Morgan fingerprint density at radius 2 is 1.93 bits per heavy atom. The van der Waals surface area contributed by atoms with E-state index in [4.69, 9.17) is 0 Å². The molecule has 1 aromatic carbocycles. The Morgan fingerprint density at radius 1 is 1.11 bits per heavy atom. The quantitative estimate of drug-likeness (QED) is 0.645. The molecule has 1 fully saturated rings. The zero-order valence-electron chi connectivity index (χ0n) is 16.0. The van der Waals surface area contributed by atoms with Crippen LogP contribution in [0, 0.1) is 5.92 Å². The summed E-state index contributed by atoms with van der Waals surface area (Å²) in [7, 11) is 4.36. The molecule has 0 amide bonds. The van der Waals surface area contributed by atoms with Gasteiger partial charge in [-0.1, -0.05) is 18.7 Å². The van der Waals surface area contributed by atoms with Crippen molar-refractivity contribution in [3.05, 3.63) is 54.4 Å². The molecule has 0 aliphatic heterocycles. The van der Waals surface area contributed by atoms with Gasteiger partial charge >= 0.3 is 0 Å². The molecular weight excluding hydrogens is 352 g/mol. The summed E-state index contributed by atoms with van der Waals surface area (Å²) in [5, 5.41) is 5.80. The molecule has 0 bridgehead atoms. The standard InChI is InChI=1S/C22H26N4S/c1-15(16-6-8-20(9-7-16)26(2)3)25-22-11-19-10-17(21-13-23-14-27-21)4-5-18(19)12-24-22/h4-5,10-14,16,20H,1,6-9H2,2-3H3,(H,24,25). The van der Waals surface area contributed by atoms with Crippen molar-refractivity contribution < 1.29 is 0 Å². The van der Waals surface area contributed by atoms with Crippen molar-refractivity contribution >= 4 is 27.9 Å². The van der Waals surface area contributed by atoms with Crippen LogP contribution in [0.3, 0.4) is 0 Å². The van der Waals surface area contributed by atoms with E-state index in [0.29, 0.717) is 12.0 Å². The lowest BCUT2D eigenvalue weighted by Gasteiger charge is -2.33. The van der Waals surface area contributed by atoms with Crippen LogP contribution in [0.1, 0.15) is 25.7 Å². The fraction of sp³-hybridized carbons (Fsp3) is 0.364. The number of hydrogen-bond donors (Lipinski definition) is 1. The van der Waals surface area contributed by atoms with Crippen molar-refractivity contribution in [3.8, 4) is 10.4 Å². The van der Waals surface area contributed by atoms with Crippen LogP contribution in [-0.4, -0.2) is 35.0 Å². The third-order valence-corrected chi connectivity index (χ3v) is 6.47. The number of aromatic nitrogens is 2. The molecule has 140 valence electrons. The van der Waals surface area contributed by atoms with E-state index in [1.165, 1.54) is 41.5 Å². The van der Waals surface area contributed by atoms with E-state index >= 15 is 0 Å². The summed E-state index contributed by atoms with van der Waals surface area (Å²) in [4.78, 5) is 12.3. The fourth-order valence-electron chi connectivity index (χ4n) is 3.93. The molecule has 27 heavy (non-hydrogen) atoms. The van der Waals surface area contributed by atoms with E-state index in [-0.39, 0.29) is 0 Å². The maximum Gasteiger partial charge on any atom is 0.130 e. The molecule has 1 saturated carbocycles. The van der Waals surface area contributed by atoms with Gasteiger partial charge in [0.15, 0.2) is 0 Å². The molecule has 0 unspecified atom stereocenters. The van der Waals surface area contributed by atoms with E-state index < -0.39 is 0 Å². The highest BCUT2D eigenvalue weighted by molar-refractivity contribution is 7.13. The Kier molecular flexibility index (Phi) is 5.23. The number of thiazole rings is 1. The molecule has 5 heteroatoms. The molecule has 3 aromatic rings. The van der Waals surface area contributed by atoms with Crippen LogP contribution >= 0.6 is 11.3 Å². The topological polar surface area (TPSA) is 41.1 Å². The second kappa shape index (κ2) is 7.79. The molecule has 2 heterocycles. The Bertz CT molecular complexity index is 925. The van der Waals surface area contributed by atoms with Crippen LogP contribution in [0.15, 0.2) is 54.4 Å². The Morgan fingerprint density at radius 3 is 2.63 bits per heavy atom. The smallest absolute Gasteiger partial charge is 0.130 e. The third kappa shape index (κ3) is 4.04. The number of nitrogens with zero attached hydrogens (tertiary/aromatic N) is 3. The summed E-state index contributed by atoms with van der Waals surface area (Å²) in [5.74, 6) is 1.41. The highest BCUT2D eigenvalue weighted by Gasteiger charge is 2.24. The van der Waals surface area contributed by atoms with Crippen LogP contribution in [0.5, 0.6) is 0 Å². The summed E-state index contributed by atoms with van der Waals surface area (Å²) in [6.45, 7) is 4.31. The van der Waals surface area contributed by atoms with Gasteiger partial charge in [0.1, 0.15) is 5.82 Å². The number of hydrogen-bond acceptors (Lipinski definition) is 5. The van der Waals surface area contributed by atoms with Crippen molar-refractivity contribution in [2.24, 2.45) is 5.92 Å². The summed E-state index contributed by atoms with van der Waals surface area (Å²) in [5.41, 5.74) is 4.16. The van der Waals surface area contributed by atoms with E-state index in [1.54, 1.807) is 11.3 Å². The zero-order chi connectivity index (χ0) is 18.8. The first kappa shape index (κ1) is 18.1. The molecule has 1 aliphatic rings. The van der Waals surface area contributed by atoms with Crippen LogP contribution in [0.4, 0.5) is 5.82 Å². The number of nitrogens with one attached hydrogen (secondary N) is 1. The first-order chi connectivity index (χ1) is 13.1. The summed E-state index contributed by atoms with van der Waals surface area (Å²) in [6, 6.07) is 9.29. The van der Waals surface area contributed by atoms with Gasteiger partial charge in [-0.3, -0.25) is 4.98 Å². The van der Waals surface area contributed by atoms with Crippen molar-refractivity contribution in [1.82, 2.24) is 14.9 Å². The van der Waals surface area contributed by atoms with Gasteiger partial charge in [-0.05, 0) is 68.8 Å². The molecule has 2 aromatic heterocycles. The van der Waals surface area contributed by atoms with Gasteiger partial charge < -0.3 is 10.2 Å². The second-order valence-electron chi connectivity index (χ2n) is 7.62. The van der Waals surface area contributed by atoms with Crippen LogP contribution in [-0.2, 0) is 0 Å². The van der Waals surface area contributed by atoms with Gasteiger partial charge in [-0.25, -0.2) is 4.98 Å². The molecule has 0 atom stereocenters. The Balaban J connectivity index is 1.48. The van der Waals surface area contributed by atoms with Gasteiger partial charge in [0.05, 0.1) is 10.4 Å². The number of fused-ring (bicyclic) bond motifs is 1. The monoisotopic (exact) mass is 378 g/mol. The summed E-state index contributed by atoms with van der Waals surface area (Å²) >= 11 is 1.66. The lowest BCUT2D eigenvalue weighted by molar-refractivity contribution is 0.206. The second-order valence-corrected chi connectivity index (χ2v) is 8.50.